The van der Waals surface area contributed by atoms with E-state index in [9.17, 15) is 9.36 Å². The van der Waals surface area contributed by atoms with Crippen LogP contribution in [0.2, 0.25) is 0 Å². The summed E-state index contributed by atoms with van der Waals surface area (Å²) >= 11 is 0. The van der Waals surface area contributed by atoms with Gasteiger partial charge < -0.3 is 19.9 Å². The summed E-state index contributed by atoms with van der Waals surface area (Å²) in [5.41, 5.74) is 4.99. The molecule has 0 radical (unpaired) electrons. The first-order chi connectivity index (χ1) is 7.49. The van der Waals surface area contributed by atoms with Crippen molar-refractivity contribution in [2.75, 3.05) is 26.1 Å². The molecule has 96 valence electrons. The average Bonchev–Trinajstić information content (AvgIpc) is 2.18. The predicted molar refractivity (Wildman–Crippen MR) is 58.9 cm³/mol. The van der Waals surface area contributed by atoms with Crippen molar-refractivity contribution in [1.82, 2.24) is 5.32 Å². The van der Waals surface area contributed by atoms with Crippen molar-refractivity contribution in [3.8, 4) is 0 Å². The van der Waals surface area contributed by atoms with Crippen LogP contribution in [0.25, 0.3) is 0 Å². The maximum Gasteiger partial charge on any atom is 0.344 e. The molecule has 0 heterocycles. The summed E-state index contributed by atoms with van der Waals surface area (Å²) in [5.74, 6) is -0.720. The Kier molecular flexibility index (Phi) is 7.53. The molecule has 7 nitrogen and oxygen atoms in total. The number of carbonyl (C=O) groups excluding carboxylic acids is 1. The van der Waals surface area contributed by atoms with Gasteiger partial charge in [-0.05, 0) is 13.8 Å². The fourth-order valence-electron chi connectivity index (χ4n) is 0.999. The highest BCUT2D eigenvalue weighted by Crippen LogP contribution is 2.46. The van der Waals surface area contributed by atoms with Gasteiger partial charge in [0.25, 0.3) is 0 Å². The van der Waals surface area contributed by atoms with Crippen LogP contribution in [0.1, 0.15) is 13.8 Å². The molecule has 0 rings (SSSR count). The van der Waals surface area contributed by atoms with E-state index in [4.69, 9.17) is 19.9 Å². The van der Waals surface area contributed by atoms with Gasteiger partial charge in [-0.25, -0.2) is 0 Å². The molecular formula is C8H19N2O5P. The minimum Gasteiger partial charge on any atom is -0.394 e. The molecule has 16 heavy (non-hydrogen) atoms. The Labute approximate surface area is 94.8 Å². The second-order valence-corrected chi connectivity index (χ2v) is 5.00. The molecule has 0 bridgehead atoms. The van der Waals surface area contributed by atoms with Crippen LogP contribution in [0.15, 0.2) is 0 Å². The monoisotopic (exact) mass is 254 g/mol. The highest BCUT2D eigenvalue weighted by molar-refractivity contribution is 7.53. The number of rotatable bonds is 9. The molecule has 0 saturated carbocycles. The highest BCUT2D eigenvalue weighted by atomic mass is 31.2. The van der Waals surface area contributed by atoms with E-state index in [2.05, 4.69) is 5.32 Å². The van der Waals surface area contributed by atoms with E-state index in [-0.39, 0.29) is 19.5 Å². The standard InChI is InChI=1S/C8H19N2O5P/c1-3-14-16(13,15-4-2)6-10-7(5-11)8(9)12/h7,10-11H,3-6H2,1-2H3,(H2,9,12)/t7-/m0/s1. The third-order valence-corrected chi connectivity index (χ3v) is 3.58. The van der Waals surface area contributed by atoms with Crippen molar-refractivity contribution >= 4 is 13.5 Å². The van der Waals surface area contributed by atoms with Crippen LogP contribution >= 0.6 is 7.60 Å². The minimum absolute atomic E-state index is 0.164. The lowest BCUT2D eigenvalue weighted by Crippen LogP contribution is -2.44. The first-order valence-corrected chi connectivity index (χ1v) is 6.73. The van der Waals surface area contributed by atoms with Gasteiger partial charge in [0.15, 0.2) is 0 Å². The normalized spacial score (nSPS) is 13.7. The van der Waals surface area contributed by atoms with E-state index in [1.807, 2.05) is 0 Å². The number of amides is 1. The van der Waals surface area contributed by atoms with Crippen molar-refractivity contribution in [2.45, 2.75) is 19.9 Å². The lowest BCUT2D eigenvalue weighted by molar-refractivity contribution is -0.120. The number of nitrogens with one attached hydrogen (secondary N) is 1. The topological polar surface area (TPSA) is 111 Å². The number of carbonyl (C=O) groups is 1. The Morgan fingerprint density at radius 2 is 1.94 bits per heavy atom. The zero-order valence-corrected chi connectivity index (χ0v) is 10.4. The van der Waals surface area contributed by atoms with Crippen LogP contribution in [0.3, 0.4) is 0 Å². The number of hydrogen-bond acceptors (Lipinski definition) is 6. The van der Waals surface area contributed by atoms with E-state index in [1.54, 1.807) is 13.8 Å². The van der Waals surface area contributed by atoms with E-state index < -0.39 is 26.2 Å². The molecule has 8 heteroatoms. The van der Waals surface area contributed by atoms with Gasteiger partial charge in [-0.2, -0.15) is 0 Å². The summed E-state index contributed by atoms with van der Waals surface area (Å²) in [6.45, 7) is 3.37. The summed E-state index contributed by atoms with van der Waals surface area (Å²) in [4.78, 5) is 10.8. The molecule has 0 unspecified atom stereocenters. The molecule has 0 aliphatic carbocycles. The average molecular weight is 254 g/mol. The summed E-state index contributed by atoms with van der Waals surface area (Å²) in [6, 6.07) is -0.950. The maximum absolute atomic E-state index is 11.9. The minimum atomic E-state index is -3.26. The molecule has 0 spiro atoms. The lowest BCUT2D eigenvalue weighted by atomic mass is 10.3. The van der Waals surface area contributed by atoms with Crippen molar-refractivity contribution in [3.63, 3.8) is 0 Å². The molecule has 0 aliphatic rings. The number of primary amides is 1. The molecule has 4 N–H and O–H groups in total. The molecular weight excluding hydrogens is 235 g/mol. The van der Waals surface area contributed by atoms with Gasteiger partial charge in [-0.3, -0.25) is 14.7 Å². The first-order valence-electron chi connectivity index (χ1n) is 5.00. The Bertz CT molecular complexity index is 251. The third kappa shape index (κ3) is 5.58. The summed E-state index contributed by atoms with van der Waals surface area (Å²) in [5, 5.41) is 11.4. The Hall–Kier alpha value is -0.460. The molecule has 1 atom stereocenters. The largest absolute Gasteiger partial charge is 0.394 e. The molecule has 1 amide bonds. The Morgan fingerprint density at radius 1 is 1.44 bits per heavy atom. The molecule has 0 aromatic carbocycles. The summed E-state index contributed by atoms with van der Waals surface area (Å²) < 4.78 is 21.9. The number of hydrogen-bond donors (Lipinski definition) is 3. The van der Waals surface area contributed by atoms with Crippen molar-refractivity contribution in [3.05, 3.63) is 0 Å². The molecule has 0 aliphatic heterocycles. The van der Waals surface area contributed by atoms with Gasteiger partial charge in [-0.1, -0.05) is 0 Å². The zero-order chi connectivity index (χ0) is 12.6. The fraction of sp³-hybridized carbons (Fsp3) is 0.875. The van der Waals surface area contributed by atoms with Crippen LogP contribution in [0.4, 0.5) is 0 Å². The van der Waals surface area contributed by atoms with Crippen LogP contribution in [-0.2, 0) is 18.4 Å². The molecule has 0 aromatic rings. The van der Waals surface area contributed by atoms with Gasteiger partial charge in [0.1, 0.15) is 6.04 Å². The summed E-state index contributed by atoms with van der Waals surface area (Å²) in [7, 11) is -3.26. The van der Waals surface area contributed by atoms with E-state index >= 15 is 0 Å². The Balaban J connectivity index is 4.30. The second kappa shape index (κ2) is 7.76. The Morgan fingerprint density at radius 3 is 2.25 bits per heavy atom. The second-order valence-electron chi connectivity index (χ2n) is 2.95. The van der Waals surface area contributed by atoms with Crippen LogP contribution in [0, 0.1) is 0 Å². The van der Waals surface area contributed by atoms with Crippen LogP contribution in [-0.4, -0.2) is 43.2 Å². The quantitative estimate of drug-likeness (QED) is 0.485. The fourth-order valence-corrected chi connectivity index (χ4v) is 2.49. The van der Waals surface area contributed by atoms with E-state index in [0.717, 1.165) is 0 Å². The van der Waals surface area contributed by atoms with Crippen LogP contribution < -0.4 is 11.1 Å². The predicted octanol–water partition coefficient (Wildman–Crippen LogP) is -0.354. The first kappa shape index (κ1) is 15.5. The zero-order valence-electron chi connectivity index (χ0n) is 9.51. The molecule has 0 saturated heterocycles. The SMILES string of the molecule is CCOP(=O)(CN[C@@H](CO)C(N)=O)OCC. The van der Waals surface area contributed by atoms with Crippen molar-refractivity contribution < 1.29 is 23.5 Å². The van der Waals surface area contributed by atoms with Gasteiger partial charge in [0, 0.05) is 0 Å². The molecule has 0 aromatic heterocycles. The maximum atomic E-state index is 11.9. The summed E-state index contributed by atoms with van der Waals surface area (Å²) in [6.07, 6.45) is -0.164. The highest BCUT2D eigenvalue weighted by Gasteiger charge is 2.26. The van der Waals surface area contributed by atoms with Crippen LogP contribution in [0.5, 0.6) is 0 Å². The van der Waals surface area contributed by atoms with Crippen molar-refractivity contribution in [1.29, 1.82) is 0 Å². The van der Waals surface area contributed by atoms with Gasteiger partial charge >= 0.3 is 7.60 Å². The number of aliphatic hydroxyl groups excluding tert-OH is 1. The van der Waals surface area contributed by atoms with E-state index in [0.29, 0.717) is 0 Å². The number of nitrogens with two attached hydrogens (primary N) is 1. The molecule has 0 fully saturated rings. The van der Waals surface area contributed by atoms with Crippen molar-refractivity contribution in [2.24, 2.45) is 5.73 Å². The van der Waals surface area contributed by atoms with Gasteiger partial charge in [-0.15, -0.1) is 0 Å². The third-order valence-electron chi connectivity index (χ3n) is 1.71. The lowest BCUT2D eigenvalue weighted by Gasteiger charge is -2.19. The number of aliphatic hydroxyl groups is 1. The van der Waals surface area contributed by atoms with Gasteiger partial charge in [0.05, 0.1) is 26.1 Å². The smallest absolute Gasteiger partial charge is 0.344 e. The van der Waals surface area contributed by atoms with Gasteiger partial charge in [0.2, 0.25) is 5.91 Å². The van der Waals surface area contributed by atoms with E-state index in [1.165, 1.54) is 0 Å².